The minimum absolute atomic E-state index is 0.00222. The molecule has 2 atom stereocenters. The fraction of sp³-hybridized carbons (Fsp3) is 0.688. The fourth-order valence-corrected chi connectivity index (χ4v) is 3.71. The third kappa shape index (κ3) is 2.70. The lowest BCUT2D eigenvalue weighted by molar-refractivity contribution is -0.124. The Labute approximate surface area is 133 Å². The molecule has 1 heterocycles. The van der Waals surface area contributed by atoms with Crippen LogP contribution in [0.3, 0.4) is 0 Å². The molecular weight excluding hydrogens is 307 g/mol. The minimum Gasteiger partial charge on any atom is -0.373 e. The lowest BCUT2D eigenvalue weighted by Crippen LogP contribution is -2.64. The zero-order chi connectivity index (χ0) is 17.0. The number of carbonyl (C=O) groups excluding carboxylic acids is 1. The van der Waals surface area contributed by atoms with Gasteiger partial charge in [-0.25, -0.2) is 0 Å². The van der Waals surface area contributed by atoms with E-state index in [1.807, 2.05) is 0 Å². The number of hydrogen-bond donors (Lipinski definition) is 2. The molecule has 2 aliphatic carbocycles. The minimum atomic E-state index is -4.51. The highest BCUT2D eigenvalue weighted by molar-refractivity contribution is 5.96. The van der Waals surface area contributed by atoms with Crippen molar-refractivity contribution in [2.24, 2.45) is 17.4 Å². The summed E-state index contributed by atoms with van der Waals surface area (Å²) in [6, 6.07) is -1.16. The van der Waals surface area contributed by atoms with Crippen molar-refractivity contribution in [2.75, 3.05) is 13.1 Å². The van der Waals surface area contributed by atoms with Gasteiger partial charge in [0.1, 0.15) is 5.54 Å². The second kappa shape index (κ2) is 5.34. The Balaban J connectivity index is 2.10. The van der Waals surface area contributed by atoms with Crippen molar-refractivity contribution < 1.29 is 18.0 Å². The van der Waals surface area contributed by atoms with Crippen LogP contribution in [0.4, 0.5) is 13.2 Å². The number of ketones is 1. The highest BCUT2D eigenvalue weighted by Gasteiger charge is 2.53. The van der Waals surface area contributed by atoms with Gasteiger partial charge in [0, 0.05) is 24.7 Å². The van der Waals surface area contributed by atoms with Crippen molar-refractivity contribution in [1.29, 1.82) is 0 Å². The van der Waals surface area contributed by atoms with Crippen molar-refractivity contribution in [3.8, 4) is 0 Å². The van der Waals surface area contributed by atoms with Gasteiger partial charge in [-0.05, 0) is 38.2 Å². The number of Topliss-reactive ketones (excluding diaryl/α,β-unsaturated/α-hetero) is 1. The van der Waals surface area contributed by atoms with Crippen molar-refractivity contribution in [3.05, 3.63) is 22.9 Å². The molecule has 1 saturated carbocycles. The molecule has 4 nitrogen and oxygen atoms in total. The summed E-state index contributed by atoms with van der Waals surface area (Å²) in [5, 5.41) is 0. The number of carbonyl (C=O) groups is 1. The maximum absolute atomic E-state index is 13.6. The molecular formula is C16H22F3N3O. The molecule has 0 amide bonds. The Hall–Kier alpha value is -1.34. The van der Waals surface area contributed by atoms with Crippen molar-refractivity contribution in [2.45, 2.75) is 50.4 Å². The predicted octanol–water partition coefficient (Wildman–Crippen LogP) is 1.86. The normalized spacial score (nSPS) is 32.3. The van der Waals surface area contributed by atoms with Gasteiger partial charge in [-0.3, -0.25) is 4.79 Å². The average molecular weight is 329 g/mol. The number of likely N-dealkylation sites (tertiary alicyclic amines) is 1. The van der Waals surface area contributed by atoms with Gasteiger partial charge >= 0.3 is 6.18 Å². The highest BCUT2D eigenvalue weighted by Crippen LogP contribution is 2.44. The van der Waals surface area contributed by atoms with Crippen LogP contribution >= 0.6 is 0 Å². The average Bonchev–Trinajstić information content (AvgIpc) is 3.15. The largest absolute Gasteiger partial charge is 0.418 e. The maximum Gasteiger partial charge on any atom is 0.418 e. The van der Waals surface area contributed by atoms with Gasteiger partial charge in [-0.2, -0.15) is 13.2 Å². The Morgan fingerprint density at radius 3 is 2.35 bits per heavy atom. The van der Waals surface area contributed by atoms with Gasteiger partial charge in [0.15, 0.2) is 5.78 Å². The van der Waals surface area contributed by atoms with E-state index in [1.165, 1.54) is 13.0 Å². The van der Waals surface area contributed by atoms with E-state index < -0.39 is 23.3 Å². The number of allylic oxidation sites excluding steroid dienone is 2. The second-order valence-electron chi connectivity index (χ2n) is 6.83. The van der Waals surface area contributed by atoms with Crippen LogP contribution in [0.15, 0.2) is 22.9 Å². The van der Waals surface area contributed by atoms with Crippen molar-refractivity contribution in [1.82, 2.24) is 4.90 Å². The monoisotopic (exact) mass is 329 g/mol. The Bertz CT molecular complexity index is 586. The van der Waals surface area contributed by atoms with E-state index in [9.17, 15) is 18.0 Å². The summed E-state index contributed by atoms with van der Waals surface area (Å²) in [4.78, 5) is 14.2. The summed E-state index contributed by atoms with van der Waals surface area (Å²) in [6.07, 6.45) is -0.157. The van der Waals surface area contributed by atoms with E-state index in [4.69, 9.17) is 11.5 Å². The van der Waals surface area contributed by atoms with Gasteiger partial charge in [0.2, 0.25) is 0 Å². The highest BCUT2D eigenvalue weighted by atomic mass is 19.4. The number of nitrogens with two attached hydrogens (primary N) is 2. The van der Waals surface area contributed by atoms with Crippen LogP contribution in [0.25, 0.3) is 0 Å². The summed E-state index contributed by atoms with van der Waals surface area (Å²) < 4.78 is 40.8. The lowest BCUT2D eigenvalue weighted by Gasteiger charge is -2.42. The first-order valence-electron chi connectivity index (χ1n) is 8.01. The van der Waals surface area contributed by atoms with Crippen LogP contribution < -0.4 is 11.5 Å². The molecule has 23 heavy (non-hydrogen) atoms. The molecule has 0 bridgehead atoms. The van der Waals surface area contributed by atoms with E-state index in [0.29, 0.717) is 13.1 Å². The Morgan fingerprint density at radius 2 is 1.87 bits per heavy atom. The smallest absolute Gasteiger partial charge is 0.373 e. The van der Waals surface area contributed by atoms with E-state index in [-0.39, 0.29) is 23.0 Å². The molecule has 3 aliphatic rings. The van der Waals surface area contributed by atoms with Gasteiger partial charge in [-0.1, -0.05) is 6.08 Å². The molecule has 7 heteroatoms. The molecule has 0 radical (unpaired) electrons. The van der Waals surface area contributed by atoms with Crippen LogP contribution in [0.1, 0.15) is 32.6 Å². The Morgan fingerprint density at radius 1 is 1.30 bits per heavy atom. The van der Waals surface area contributed by atoms with Gasteiger partial charge < -0.3 is 16.4 Å². The van der Waals surface area contributed by atoms with E-state index in [1.54, 1.807) is 4.90 Å². The number of alkyl halides is 3. The zero-order valence-electron chi connectivity index (χ0n) is 13.1. The molecule has 4 N–H and O–H groups in total. The first-order chi connectivity index (χ1) is 10.7. The number of nitrogens with zero attached hydrogens (tertiary/aromatic N) is 1. The van der Waals surface area contributed by atoms with Crippen molar-refractivity contribution >= 4 is 5.78 Å². The molecule has 3 rings (SSSR count). The SMILES string of the molecule is CC1=CC(N)(C(=O)C2CC2)C(N)C(N2CCCC2)=C1C(F)(F)F. The summed E-state index contributed by atoms with van der Waals surface area (Å²) >= 11 is 0. The first-order valence-corrected chi connectivity index (χ1v) is 8.01. The van der Waals surface area contributed by atoms with Crippen LogP contribution in [0.2, 0.25) is 0 Å². The van der Waals surface area contributed by atoms with Gasteiger partial charge in [0.25, 0.3) is 0 Å². The maximum atomic E-state index is 13.6. The zero-order valence-corrected chi connectivity index (χ0v) is 13.1. The number of halogens is 3. The number of rotatable bonds is 3. The molecule has 2 unspecified atom stereocenters. The summed E-state index contributed by atoms with van der Waals surface area (Å²) in [5.74, 6) is -0.398. The van der Waals surface area contributed by atoms with Crippen LogP contribution in [-0.2, 0) is 4.79 Å². The quantitative estimate of drug-likeness (QED) is 0.829. The predicted molar refractivity (Wildman–Crippen MR) is 80.3 cm³/mol. The Kier molecular flexibility index (Phi) is 3.84. The second-order valence-corrected chi connectivity index (χ2v) is 6.83. The standard InChI is InChI=1S/C16H22F3N3O/c1-9-8-15(21,14(23)10-4-5-10)13(20)12(11(9)16(17,18)19)22-6-2-3-7-22/h8,10,13H,2-7,20-21H2,1H3. The van der Waals surface area contributed by atoms with E-state index in [2.05, 4.69) is 0 Å². The molecule has 0 aromatic carbocycles. The summed E-state index contributed by atoms with van der Waals surface area (Å²) in [5.41, 5.74) is 10.1. The van der Waals surface area contributed by atoms with Crippen molar-refractivity contribution in [3.63, 3.8) is 0 Å². The molecule has 2 fully saturated rings. The molecule has 1 aliphatic heterocycles. The molecule has 1 saturated heterocycles. The first kappa shape index (κ1) is 16.5. The topological polar surface area (TPSA) is 72.3 Å². The van der Waals surface area contributed by atoms with Crippen LogP contribution in [0, 0.1) is 5.92 Å². The number of hydrogen-bond acceptors (Lipinski definition) is 4. The fourth-order valence-electron chi connectivity index (χ4n) is 3.71. The van der Waals surface area contributed by atoms with Crippen LogP contribution in [0.5, 0.6) is 0 Å². The third-order valence-corrected chi connectivity index (χ3v) is 5.02. The van der Waals surface area contributed by atoms with E-state index >= 15 is 0 Å². The molecule has 128 valence electrons. The molecule has 0 aromatic rings. The molecule has 0 aromatic heterocycles. The molecule has 0 spiro atoms. The van der Waals surface area contributed by atoms with Gasteiger partial charge in [-0.15, -0.1) is 0 Å². The van der Waals surface area contributed by atoms with Gasteiger partial charge in [0.05, 0.1) is 11.6 Å². The van der Waals surface area contributed by atoms with Crippen LogP contribution in [-0.4, -0.2) is 41.5 Å². The third-order valence-electron chi connectivity index (χ3n) is 5.02. The van der Waals surface area contributed by atoms with E-state index in [0.717, 1.165) is 25.7 Å². The summed E-state index contributed by atoms with van der Waals surface area (Å²) in [6.45, 7) is 2.40. The summed E-state index contributed by atoms with van der Waals surface area (Å²) in [7, 11) is 0. The lowest BCUT2D eigenvalue weighted by atomic mass is 9.75.